The molecule has 1 rings (SSSR count). The lowest BCUT2D eigenvalue weighted by Gasteiger charge is -2.02. The fourth-order valence-electron chi connectivity index (χ4n) is 1.07. The Morgan fingerprint density at radius 2 is 2.00 bits per heavy atom. The van der Waals surface area contributed by atoms with Gasteiger partial charge in [0.15, 0.2) is 0 Å². The Balaban J connectivity index is 2.86. The van der Waals surface area contributed by atoms with E-state index >= 15 is 0 Å². The quantitative estimate of drug-likeness (QED) is 0.618. The summed E-state index contributed by atoms with van der Waals surface area (Å²) in [4.78, 5) is 1.35. The van der Waals surface area contributed by atoms with Gasteiger partial charge in [0.1, 0.15) is 0 Å². The highest BCUT2D eigenvalue weighted by Crippen LogP contribution is 2.23. The van der Waals surface area contributed by atoms with E-state index in [0.717, 1.165) is 0 Å². The first-order chi connectivity index (χ1) is 5.74. The van der Waals surface area contributed by atoms with Gasteiger partial charge in [-0.1, -0.05) is 35.5 Å². The minimum atomic E-state index is 1.33. The molecule has 0 heterocycles. The van der Waals surface area contributed by atoms with Crippen molar-refractivity contribution >= 4 is 11.8 Å². The average molecular weight is 178 g/mol. The van der Waals surface area contributed by atoms with E-state index < -0.39 is 0 Å². The highest BCUT2D eigenvalue weighted by Gasteiger charge is 1.95. The van der Waals surface area contributed by atoms with Crippen LogP contribution >= 0.6 is 11.8 Å². The zero-order valence-corrected chi connectivity index (χ0v) is 8.61. The highest BCUT2D eigenvalue weighted by molar-refractivity contribution is 8.02. The summed E-state index contributed by atoms with van der Waals surface area (Å²) in [5.74, 6) is 0. The summed E-state index contributed by atoms with van der Waals surface area (Å²) in [5, 5.41) is 2.11. The van der Waals surface area contributed by atoms with Crippen molar-refractivity contribution in [1.29, 1.82) is 0 Å². The Hall–Kier alpha value is -0.690. The Morgan fingerprint density at radius 3 is 2.58 bits per heavy atom. The predicted octanol–water partition coefficient (Wildman–Crippen LogP) is 3.93. The molecule has 0 nitrogen and oxygen atoms in total. The number of hydrogen-bond acceptors (Lipinski definition) is 1. The van der Waals surface area contributed by atoms with Crippen LogP contribution in [0.4, 0.5) is 0 Å². The van der Waals surface area contributed by atoms with Crippen LogP contribution in [0, 0.1) is 13.8 Å². The molecule has 0 N–H and O–H groups in total. The second kappa shape index (κ2) is 4.36. The maximum atomic E-state index is 2.21. The van der Waals surface area contributed by atoms with E-state index in [9.17, 15) is 0 Å². The summed E-state index contributed by atoms with van der Waals surface area (Å²) in [5.41, 5.74) is 2.69. The van der Waals surface area contributed by atoms with Gasteiger partial charge in [0, 0.05) is 4.90 Å². The van der Waals surface area contributed by atoms with Crippen molar-refractivity contribution < 1.29 is 0 Å². The first-order valence-electron chi connectivity index (χ1n) is 4.09. The molecule has 0 bridgehead atoms. The topological polar surface area (TPSA) is 0 Å². The molecule has 0 aromatic heterocycles. The molecule has 0 radical (unpaired) electrons. The van der Waals surface area contributed by atoms with Crippen LogP contribution in [0.1, 0.15) is 18.1 Å². The van der Waals surface area contributed by atoms with Crippen LogP contribution in [-0.4, -0.2) is 0 Å². The molecule has 1 heteroatoms. The molecule has 0 aliphatic heterocycles. The third kappa shape index (κ3) is 2.42. The van der Waals surface area contributed by atoms with Gasteiger partial charge in [0.25, 0.3) is 0 Å². The summed E-state index contributed by atoms with van der Waals surface area (Å²) in [7, 11) is 0. The lowest BCUT2D eigenvalue weighted by Crippen LogP contribution is -1.79. The minimum absolute atomic E-state index is 1.33. The standard InChI is InChI=1S/C11H14S/c1-4-7-12-11-6-5-9(2)8-10(11)3/h4-8H,1-3H3/b7-4-. The minimum Gasteiger partial charge on any atom is -0.0981 e. The lowest BCUT2D eigenvalue weighted by atomic mass is 10.2. The Labute approximate surface area is 78.7 Å². The number of rotatable bonds is 2. The molecule has 0 amide bonds. The molecule has 0 unspecified atom stereocenters. The Morgan fingerprint density at radius 1 is 1.25 bits per heavy atom. The zero-order chi connectivity index (χ0) is 8.97. The van der Waals surface area contributed by atoms with E-state index in [0.29, 0.717) is 0 Å². The van der Waals surface area contributed by atoms with Crippen molar-refractivity contribution in [3.05, 3.63) is 40.8 Å². The number of allylic oxidation sites excluding steroid dienone is 1. The van der Waals surface area contributed by atoms with E-state index in [2.05, 4.69) is 43.5 Å². The van der Waals surface area contributed by atoms with Crippen LogP contribution in [-0.2, 0) is 0 Å². The van der Waals surface area contributed by atoms with E-state index in [1.807, 2.05) is 6.92 Å². The van der Waals surface area contributed by atoms with Gasteiger partial charge < -0.3 is 0 Å². The number of hydrogen-bond donors (Lipinski definition) is 0. The molecular formula is C11H14S. The van der Waals surface area contributed by atoms with Gasteiger partial charge in [-0.15, -0.1) is 0 Å². The first-order valence-corrected chi connectivity index (χ1v) is 4.97. The van der Waals surface area contributed by atoms with Gasteiger partial charge in [-0.2, -0.15) is 0 Å². The largest absolute Gasteiger partial charge is 0.0981 e. The SMILES string of the molecule is C/C=C\Sc1ccc(C)cc1C. The van der Waals surface area contributed by atoms with Crippen molar-refractivity contribution in [2.45, 2.75) is 25.7 Å². The molecule has 0 aliphatic rings. The maximum absolute atomic E-state index is 2.21. The molecule has 0 saturated heterocycles. The van der Waals surface area contributed by atoms with Gasteiger partial charge in [-0.25, -0.2) is 0 Å². The summed E-state index contributed by atoms with van der Waals surface area (Å²) in [6, 6.07) is 6.54. The second-order valence-electron chi connectivity index (χ2n) is 2.86. The van der Waals surface area contributed by atoms with E-state index in [-0.39, 0.29) is 0 Å². The van der Waals surface area contributed by atoms with Crippen molar-refractivity contribution in [2.24, 2.45) is 0 Å². The normalized spacial score (nSPS) is 10.9. The van der Waals surface area contributed by atoms with E-state index in [1.165, 1.54) is 16.0 Å². The van der Waals surface area contributed by atoms with Crippen LogP contribution in [0.25, 0.3) is 0 Å². The fourth-order valence-corrected chi connectivity index (χ4v) is 1.75. The van der Waals surface area contributed by atoms with E-state index in [4.69, 9.17) is 0 Å². The second-order valence-corrected chi connectivity index (χ2v) is 3.80. The van der Waals surface area contributed by atoms with Crippen LogP contribution in [0.15, 0.2) is 34.6 Å². The van der Waals surface area contributed by atoms with E-state index in [1.54, 1.807) is 11.8 Å². The summed E-state index contributed by atoms with van der Waals surface area (Å²) < 4.78 is 0. The summed E-state index contributed by atoms with van der Waals surface area (Å²) >= 11 is 1.78. The first kappa shape index (κ1) is 9.40. The van der Waals surface area contributed by atoms with Crippen molar-refractivity contribution in [3.8, 4) is 0 Å². The Kier molecular flexibility index (Phi) is 3.42. The predicted molar refractivity (Wildman–Crippen MR) is 56.6 cm³/mol. The monoisotopic (exact) mass is 178 g/mol. The van der Waals surface area contributed by atoms with Gasteiger partial charge in [0.05, 0.1) is 0 Å². The number of aryl methyl sites for hydroxylation is 2. The Bertz CT molecular complexity index is 287. The van der Waals surface area contributed by atoms with Gasteiger partial charge in [-0.3, -0.25) is 0 Å². The van der Waals surface area contributed by atoms with Crippen molar-refractivity contribution in [2.75, 3.05) is 0 Å². The average Bonchev–Trinajstić information content (AvgIpc) is 2.03. The molecule has 1 aromatic rings. The molecular weight excluding hydrogens is 164 g/mol. The van der Waals surface area contributed by atoms with Crippen LogP contribution in [0.3, 0.4) is 0 Å². The third-order valence-electron chi connectivity index (χ3n) is 1.66. The van der Waals surface area contributed by atoms with Crippen LogP contribution in [0.5, 0.6) is 0 Å². The molecule has 0 saturated carbocycles. The maximum Gasteiger partial charge on any atom is 0.0145 e. The lowest BCUT2D eigenvalue weighted by molar-refractivity contribution is 1.27. The van der Waals surface area contributed by atoms with Gasteiger partial charge >= 0.3 is 0 Å². The zero-order valence-electron chi connectivity index (χ0n) is 7.79. The smallest absolute Gasteiger partial charge is 0.0145 e. The molecule has 12 heavy (non-hydrogen) atoms. The number of benzene rings is 1. The molecule has 0 atom stereocenters. The fraction of sp³-hybridized carbons (Fsp3) is 0.273. The highest BCUT2D eigenvalue weighted by atomic mass is 32.2. The van der Waals surface area contributed by atoms with Crippen LogP contribution in [0.2, 0.25) is 0 Å². The third-order valence-corrected chi connectivity index (χ3v) is 2.78. The molecule has 0 spiro atoms. The van der Waals surface area contributed by atoms with Gasteiger partial charge in [0.2, 0.25) is 0 Å². The van der Waals surface area contributed by atoms with Crippen molar-refractivity contribution in [3.63, 3.8) is 0 Å². The van der Waals surface area contributed by atoms with Crippen LogP contribution < -0.4 is 0 Å². The van der Waals surface area contributed by atoms with Crippen molar-refractivity contribution in [1.82, 2.24) is 0 Å². The number of thioether (sulfide) groups is 1. The molecule has 64 valence electrons. The molecule has 1 aromatic carbocycles. The van der Waals surface area contributed by atoms with Gasteiger partial charge in [-0.05, 0) is 37.8 Å². The molecule has 0 fully saturated rings. The summed E-state index contributed by atoms with van der Waals surface area (Å²) in [6.45, 7) is 6.31. The summed E-state index contributed by atoms with van der Waals surface area (Å²) in [6.07, 6.45) is 2.06. The molecule has 0 aliphatic carbocycles.